The number of carbonyl (C=O) groups excluding carboxylic acids is 1. The van der Waals surface area contributed by atoms with E-state index in [1.807, 2.05) is 26.0 Å². The normalized spacial score (nSPS) is 13.3. The van der Waals surface area contributed by atoms with Crippen LogP contribution in [0.25, 0.3) is 0 Å². The van der Waals surface area contributed by atoms with Crippen LogP contribution in [0.1, 0.15) is 41.3 Å². The molecule has 0 spiro atoms. The van der Waals surface area contributed by atoms with Crippen molar-refractivity contribution in [2.45, 2.75) is 31.6 Å². The average Bonchev–Trinajstić information content (AvgIpc) is 2.53. The van der Waals surface area contributed by atoms with Crippen LogP contribution in [0.4, 0.5) is 0 Å². The molecule has 0 saturated carbocycles. The summed E-state index contributed by atoms with van der Waals surface area (Å²) in [7, 11) is 0. The number of phenols is 1. The van der Waals surface area contributed by atoms with Gasteiger partial charge in [0.25, 0.3) is 0 Å². The quantitative estimate of drug-likeness (QED) is 0.784. The molecule has 0 fully saturated rings. The lowest BCUT2D eigenvalue weighted by Crippen LogP contribution is -2.15. The lowest BCUT2D eigenvalue weighted by molar-refractivity contribution is -0.114. The van der Waals surface area contributed by atoms with Gasteiger partial charge in [-0.15, -0.1) is 0 Å². The third-order valence-electron chi connectivity index (χ3n) is 4.20. The molecule has 0 radical (unpaired) electrons. The molecule has 0 heterocycles. The zero-order valence-electron chi connectivity index (χ0n) is 13.8. The molecule has 2 rings (SSSR count). The predicted molar refractivity (Wildman–Crippen MR) is 94.7 cm³/mol. The molecular formula is C19H20O4S. The number of thioether (sulfide) groups is 1. The van der Waals surface area contributed by atoms with E-state index in [1.54, 1.807) is 31.2 Å². The summed E-state index contributed by atoms with van der Waals surface area (Å²) in [6, 6.07) is 11.9. The summed E-state index contributed by atoms with van der Waals surface area (Å²) < 4.78 is 0. The highest BCUT2D eigenvalue weighted by atomic mass is 32.2. The molecular weight excluding hydrogens is 324 g/mol. The smallest absolute Gasteiger partial charge is 0.335 e. The minimum absolute atomic E-state index is 0.0202. The fourth-order valence-electron chi connectivity index (χ4n) is 2.49. The van der Waals surface area contributed by atoms with Crippen molar-refractivity contribution < 1.29 is 19.8 Å². The van der Waals surface area contributed by atoms with E-state index in [9.17, 15) is 14.7 Å². The van der Waals surface area contributed by atoms with E-state index in [-0.39, 0.29) is 28.3 Å². The Balaban J connectivity index is 2.13. The molecule has 0 aliphatic heterocycles. The number of hydrogen-bond donors (Lipinski definition) is 2. The average molecular weight is 344 g/mol. The summed E-state index contributed by atoms with van der Waals surface area (Å²) in [6.07, 6.45) is 0. The molecule has 24 heavy (non-hydrogen) atoms. The third-order valence-corrected chi connectivity index (χ3v) is 5.26. The van der Waals surface area contributed by atoms with Crippen LogP contribution in [-0.2, 0) is 4.79 Å². The van der Waals surface area contributed by atoms with Crippen LogP contribution in [0.3, 0.4) is 0 Å². The SMILES string of the molecule is Cc1cc(SC(=O)C(C)C(C)c2ccccc2O)ccc1C(=O)O. The lowest BCUT2D eigenvalue weighted by Gasteiger charge is -2.19. The Morgan fingerprint density at radius 3 is 2.33 bits per heavy atom. The van der Waals surface area contributed by atoms with Crippen molar-refractivity contribution in [3.05, 3.63) is 59.2 Å². The van der Waals surface area contributed by atoms with Crippen LogP contribution in [0.15, 0.2) is 47.4 Å². The highest BCUT2D eigenvalue weighted by Gasteiger charge is 2.24. The van der Waals surface area contributed by atoms with Crippen molar-refractivity contribution in [2.24, 2.45) is 5.92 Å². The van der Waals surface area contributed by atoms with Gasteiger partial charge in [-0.2, -0.15) is 0 Å². The number of carboxylic acids is 1. The molecule has 4 nitrogen and oxygen atoms in total. The summed E-state index contributed by atoms with van der Waals surface area (Å²) in [5, 5.41) is 19.0. The van der Waals surface area contributed by atoms with E-state index in [1.165, 1.54) is 6.07 Å². The van der Waals surface area contributed by atoms with Crippen molar-refractivity contribution in [3.8, 4) is 5.75 Å². The second-order valence-electron chi connectivity index (χ2n) is 5.84. The van der Waals surface area contributed by atoms with Gasteiger partial charge < -0.3 is 10.2 Å². The number of aromatic carboxylic acids is 1. The van der Waals surface area contributed by atoms with Gasteiger partial charge in [0.2, 0.25) is 0 Å². The Kier molecular flexibility index (Phi) is 5.67. The molecule has 2 N–H and O–H groups in total. The molecule has 0 aliphatic rings. The lowest BCUT2D eigenvalue weighted by atomic mass is 9.89. The van der Waals surface area contributed by atoms with Gasteiger partial charge in [-0.05, 0) is 48.2 Å². The van der Waals surface area contributed by atoms with Crippen molar-refractivity contribution in [3.63, 3.8) is 0 Å². The molecule has 0 aromatic heterocycles. The van der Waals surface area contributed by atoms with Crippen molar-refractivity contribution in [2.75, 3.05) is 0 Å². The first-order chi connectivity index (χ1) is 11.3. The molecule has 2 aromatic rings. The van der Waals surface area contributed by atoms with E-state index in [4.69, 9.17) is 5.11 Å². The molecule has 2 aromatic carbocycles. The summed E-state index contributed by atoms with van der Waals surface area (Å²) in [5.74, 6) is -1.19. The van der Waals surface area contributed by atoms with Crippen LogP contribution in [0.2, 0.25) is 0 Å². The number of carbonyl (C=O) groups is 2. The second-order valence-corrected chi connectivity index (χ2v) is 6.92. The van der Waals surface area contributed by atoms with Crippen LogP contribution in [0, 0.1) is 12.8 Å². The van der Waals surface area contributed by atoms with Gasteiger partial charge in [0, 0.05) is 10.8 Å². The first-order valence-electron chi connectivity index (χ1n) is 7.64. The van der Waals surface area contributed by atoms with Gasteiger partial charge in [-0.3, -0.25) is 4.79 Å². The zero-order valence-corrected chi connectivity index (χ0v) is 14.6. The summed E-state index contributed by atoms with van der Waals surface area (Å²) >= 11 is 1.10. The minimum Gasteiger partial charge on any atom is -0.508 e. The van der Waals surface area contributed by atoms with Crippen molar-refractivity contribution in [1.82, 2.24) is 0 Å². The second kappa shape index (κ2) is 7.53. The number of hydrogen-bond acceptors (Lipinski definition) is 4. The number of rotatable bonds is 5. The number of benzene rings is 2. The number of para-hydroxylation sites is 1. The maximum atomic E-state index is 12.5. The van der Waals surface area contributed by atoms with E-state index in [2.05, 4.69) is 0 Å². The van der Waals surface area contributed by atoms with Gasteiger partial charge >= 0.3 is 5.97 Å². The Morgan fingerprint density at radius 2 is 1.75 bits per heavy atom. The largest absolute Gasteiger partial charge is 0.508 e. The van der Waals surface area contributed by atoms with Gasteiger partial charge in [0.05, 0.1) is 5.56 Å². The maximum absolute atomic E-state index is 12.5. The Labute approximate surface area is 145 Å². The Morgan fingerprint density at radius 1 is 1.08 bits per heavy atom. The van der Waals surface area contributed by atoms with E-state index in [0.29, 0.717) is 5.56 Å². The van der Waals surface area contributed by atoms with Crippen LogP contribution >= 0.6 is 11.8 Å². The first kappa shape index (κ1) is 18.1. The number of phenolic OH excluding ortho intramolecular Hbond substituents is 1. The standard InChI is InChI=1S/C19H20O4S/c1-11-10-14(8-9-15(11)18(21)22)24-19(23)13(3)12(2)16-6-4-5-7-17(16)20/h4-10,12-13,20H,1-3H3,(H,21,22). The zero-order chi connectivity index (χ0) is 17.9. The monoisotopic (exact) mass is 344 g/mol. The van der Waals surface area contributed by atoms with E-state index < -0.39 is 5.97 Å². The van der Waals surface area contributed by atoms with Crippen LogP contribution in [-0.4, -0.2) is 21.3 Å². The Hall–Kier alpha value is -2.27. The topological polar surface area (TPSA) is 74.6 Å². The summed E-state index contributed by atoms with van der Waals surface area (Å²) in [6.45, 7) is 5.47. The minimum atomic E-state index is -0.975. The van der Waals surface area contributed by atoms with Crippen molar-refractivity contribution >= 4 is 22.8 Å². The summed E-state index contributed by atoms with van der Waals surface area (Å²) in [5.41, 5.74) is 1.61. The third kappa shape index (κ3) is 3.97. The van der Waals surface area contributed by atoms with Gasteiger partial charge in [0.15, 0.2) is 5.12 Å². The molecule has 126 valence electrons. The molecule has 0 amide bonds. The summed E-state index contributed by atoms with van der Waals surface area (Å²) in [4.78, 5) is 24.3. The molecule has 0 aliphatic carbocycles. The number of carboxylic acid groups (broad SMARTS) is 1. The van der Waals surface area contributed by atoms with Crippen molar-refractivity contribution in [1.29, 1.82) is 0 Å². The fourth-order valence-corrected chi connectivity index (χ4v) is 3.49. The van der Waals surface area contributed by atoms with Gasteiger partial charge in [0.1, 0.15) is 5.75 Å². The molecule has 0 bridgehead atoms. The van der Waals surface area contributed by atoms with E-state index >= 15 is 0 Å². The maximum Gasteiger partial charge on any atom is 0.335 e. The number of aryl methyl sites for hydroxylation is 1. The predicted octanol–water partition coefficient (Wildman–Crippen LogP) is 4.46. The van der Waals surface area contributed by atoms with Gasteiger partial charge in [-0.1, -0.05) is 43.8 Å². The number of aromatic hydroxyl groups is 1. The van der Waals surface area contributed by atoms with Crippen LogP contribution in [0.5, 0.6) is 5.75 Å². The molecule has 2 unspecified atom stereocenters. The van der Waals surface area contributed by atoms with Crippen LogP contribution < -0.4 is 0 Å². The molecule has 5 heteroatoms. The Bertz CT molecular complexity index is 770. The highest BCUT2D eigenvalue weighted by molar-refractivity contribution is 8.13. The molecule has 0 saturated heterocycles. The van der Waals surface area contributed by atoms with Gasteiger partial charge in [-0.25, -0.2) is 4.79 Å². The fraction of sp³-hybridized carbons (Fsp3) is 0.263. The molecule has 2 atom stereocenters. The van der Waals surface area contributed by atoms with E-state index in [0.717, 1.165) is 22.2 Å². The highest BCUT2D eigenvalue weighted by Crippen LogP contribution is 2.35. The first-order valence-corrected chi connectivity index (χ1v) is 8.46.